The van der Waals surface area contributed by atoms with Crippen LogP contribution in [0.25, 0.3) is 0 Å². The average molecular weight is 280 g/mol. The Morgan fingerprint density at radius 1 is 1.11 bits per heavy atom. The van der Waals surface area contributed by atoms with E-state index in [9.17, 15) is 17.6 Å². The summed E-state index contributed by atoms with van der Waals surface area (Å²) in [6.45, 7) is 4.02. The summed E-state index contributed by atoms with van der Waals surface area (Å²) in [7, 11) is 0. The highest BCUT2D eigenvalue weighted by Crippen LogP contribution is 2.33. The minimum atomic E-state index is -1.61. The molecule has 2 heterocycles. The van der Waals surface area contributed by atoms with Crippen molar-refractivity contribution in [3.8, 4) is 0 Å². The molecule has 1 aromatic rings. The molecule has 0 bridgehead atoms. The van der Waals surface area contributed by atoms with Crippen molar-refractivity contribution >= 4 is 17.4 Å². The normalized spacial score (nSPS) is 24.4. The molecule has 7 heteroatoms. The fourth-order valence-corrected chi connectivity index (χ4v) is 3.08. The van der Waals surface area contributed by atoms with E-state index in [2.05, 4.69) is 4.98 Å². The second kappa shape index (κ2) is 4.95. The summed E-state index contributed by atoms with van der Waals surface area (Å²) >= 11 is 1.65. The van der Waals surface area contributed by atoms with Crippen LogP contribution in [0.4, 0.5) is 23.2 Å². The zero-order valence-corrected chi connectivity index (χ0v) is 10.7. The van der Waals surface area contributed by atoms with Gasteiger partial charge in [-0.3, -0.25) is 0 Å². The summed E-state index contributed by atoms with van der Waals surface area (Å²) in [5, 5.41) is 0.122. The Morgan fingerprint density at radius 3 is 2.22 bits per heavy atom. The summed E-state index contributed by atoms with van der Waals surface area (Å²) in [4.78, 5) is 3.92. The van der Waals surface area contributed by atoms with Gasteiger partial charge in [-0.1, -0.05) is 6.92 Å². The maximum absolute atomic E-state index is 13.6. The van der Waals surface area contributed by atoms with E-state index < -0.39 is 29.2 Å². The van der Waals surface area contributed by atoms with Crippen molar-refractivity contribution in [1.29, 1.82) is 0 Å². The molecule has 1 saturated heterocycles. The summed E-state index contributed by atoms with van der Waals surface area (Å²) in [6.07, 6.45) is 0. The van der Waals surface area contributed by atoms with Crippen LogP contribution in [-0.4, -0.2) is 28.6 Å². The first-order chi connectivity index (χ1) is 8.43. The van der Waals surface area contributed by atoms with Gasteiger partial charge in [0.15, 0.2) is 0 Å². The molecular weight excluding hydrogens is 268 g/mol. The molecule has 0 aliphatic carbocycles. The van der Waals surface area contributed by atoms with E-state index in [1.165, 1.54) is 4.90 Å². The van der Waals surface area contributed by atoms with Gasteiger partial charge in [0.2, 0.25) is 11.6 Å². The maximum Gasteiger partial charge on any atom is 0.253 e. The third-order valence-electron chi connectivity index (χ3n) is 3.15. The van der Waals surface area contributed by atoms with E-state index in [-0.39, 0.29) is 11.3 Å². The van der Waals surface area contributed by atoms with Crippen molar-refractivity contribution in [3.63, 3.8) is 0 Å². The quantitative estimate of drug-likeness (QED) is 0.581. The first-order valence-electron chi connectivity index (χ1n) is 5.51. The monoisotopic (exact) mass is 280 g/mol. The van der Waals surface area contributed by atoms with Gasteiger partial charge in [-0.25, -0.2) is 0 Å². The van der Waals surface area contributed by atoms with Gasteiger partial charge in [-0.2, -0.15) is 34.3 Å². The van der Waals surface area contributed by atoms with Crippen molar-refractivity contribution in [1.82, 2.24) is 4.98 Å². The second-order valence-corrected chi connectivity index (χ2v) is 5.67. The van der Waals surface area contributed by atoms with Crippen molar-refractivity contribution in [2.24, 2.45) is 0 Å². The standard InChI is InChI=1S/C11H12F4N2S/c1-5-6(2)18-4-3-17(5)9-7(12)10(14)16-11(15)8(9)13/h5-6H,3-4H2,1-2H3. The summed E-state index contributed by atoms with van der Waals surface area (Å²) in [6, 6.07) is -0.214. The molecule has 2 rings (SSSR count). The Morgan fingerprint density at radius 2 is 1.67 bits per heavy atom. The van der Waals surface area contributed by atoms with Crippen LogP contribution in [0, 0.1) is 23.5 Å². The number of thioether (sulfide) groups is 1. The topological polar surface area (TPSA) is 16.1 Å². The molecule has 1 aromatic heterocycles. The van der Waals surface area contributed by atoms with E-state index in [0.29, 0.717) is 12.3 Å². The predicted molar refractivity (Wildman–Crippen MR) is 62.8 cm³/mol. The molecule has 1 fully saturated rings. The highest BCUT2D eigenvalue weighted by Gasteiger charge is 2.32. The van der Waals surface area contributed by atoms with Crippen molar-refractivity contribution in [2.45, 2.75) is 25.1 Å². The van der Waals surface area contributed by atoms with Crippen LogP contribution >= 0.6 is 11.8 Å². The van der Waals surface area contributed by atoms with Crippen molar-refractivity contribution in [3.05, 3.63) is 23.5 Å². The van der Waals surface area contributed by atoms with Gasteiger partial charge in [0, 0.05) is 23.6 Å². The van der Waals surface area contributed by atoms with Gasteiger partial charge < -0.3 is 4.90 Å². The summed E-state index contributed by atoms with van der Waals surface area (Å²) in [5.74, 6) is -5.43. The van der Waals surface area contributed by atoms with Crippen molar-refractivity contribution < 1.29 is 17.6 Å². The van der Waals surface area contributed by atoms with Gasteiger partial charge in [0.25, 0.3) is 11.9 Å². The molecule has 100 valence electrons. The van der Waals surface area contributed by atoms with Crippen molar-refractivity contribution in [2.75, 3.05) is 17.2 Å². The molecule has 0 saturated carbocycles. The van der Waals surface area contributed by atoms with Gasteiger partial charge in [0.05, 0.1) is 0 Å². The minimum Gasteiger partial charge on any atom is -0.362 e. The lowest BCUT2D eigenvalue weighted by Crippen LogP contribution is -2.45. The minimum absolute atomic E-state index is 0.122. The molecule has 1 aliphatic heterocycles. The Hall–Kier alpha value is -0.980. The second-order valence-electron chi connectivity index (χ2n) is 4.18. The number of nitrogens with zero attached hydrogens (tertiary/aromatic N) is 2. The Kier molecular flexibility index (Phi) is 3.70. The number of hydrogen-bond acceptors (Lipinski definition) is 3. The number of halogens is 4. The molecule has 2 atom stereocenters. The van der Waals surface area contributed by atoms with Crippen LogP contribution in [0.15, 0.2) is 0 Å². The summed E-state index contributed by atoms with van der Waals surface area (Å²) < 4.78 is 53.4. The molecule has 0 N–H and O–H groups in total. The van der Waals surface area contributed by atoms with Crippen LogP contribution in [-0.2, 0) is 0 Å². The van der Waals surface area contributed by atoms with Gasteiger partial charge in [-0.05, 0) is 6.92 Å². The van der Waals surface area contributed by atoms with Crippen LogP contribution in [0.1, 0.15) is 13.8 Å². The molecule has 18 heavy (non-hydrogen) atoms. The van der Waals surface area contributed by atoms with Gasteiger partial charge in [0.1, 0.15) is 5.69 Å². The highest BCUT2D eigenvalue weighted by atomic mass is 32.2. The zero-order valence-electron chi connectivity index (χ0n) is 9.88. The Labute approximate surface area is 106 Å². The molecule has 0 amide bonds. The highest BCUT2D eigenvalue weighted by molar-refractivity contribution is 8.00. The Balaban J connectivity index is 2.50. The fourth-order valence-electron chi connectivity index (χ4n) is 1.98. The predicted octanol–water partition coefficient (Wildman–Crippen LogP) is 2.97. The molecule has 2 nitrogen and oxygen atoms in total. The van der Waals surface area contributed by atoms with Crippen LogP contribution in [0.3, 0.4) is 0 Å². The smallest absolute Gasteiger partial charge is 0.253 e. The van der Waals surface area contributed by atoms with E-state index >= 15 is 0 Å². The number of hydrogen-bond donors (Lipinski definition) is 0. The Bertz CT molecular complexity index is 443. The lowest BCUT2D eigenvalue weighted by atomic mass is 10.1. The summed E-state index contributed by atoms with van der Waals surface area (Å²) in [5.41, 5.74) is -0.653. The molecule has 2 unspecified atom stereocenters. The number of rotatable bonds is 1. The molecule has 0 aromatic carbocycles. The van der Waals surface area contributed by atoms with Gasteiger partial charge in [-0.15, -0.1) is 0 Å². The molecule has 0 spiro atoms. The lowest BCUT2D eigenvalue weighted by Gasteiger charge is -2.39. The number of anilines is 1. The van der Waals surface area contributed by atoms with E-state index in [1.807, 2.05) is 6.92 Å². The average Bonchev–Trinajstić information content (AvgIpc) is 2.32. The fraction of sp³-hybridized carbons (Fsp3) is 0.545. The largest absolute Gasteiger partial charge is 0.362 e. The van der Waals surface area contributed by atoms with Crippen LogP contribution in [0.5, 0.6) is 0 Å². The molecular formula is C11H12F4N2S. The van der Waals surface area contributed by atoms with Crippen LogP contribution < -0.4 is 4.90 Å². The van der Waals surface area contributed by atoms with E-state index in [4.69, 9.17) is 0 Å². The van der Waals surface area contributed by atoms with Gasteiger partial charge >= 0.3 is 0 Å². The zero-order chi connectivity index (χ0) is 13.4. The first kappa shape index (κ1) is 13.5. The lowest BCUT2D eigenvalue weighted by molar-refractivity contribution is 0.402. The van der Waals surface area contributed by atoms with E-state index in [0.717, 1.165) is 0 Å². The van der Waals surface area contributed by atoms with E-state index in [1.54, 1.807) is 18.7 Å². The first-order valence-corrected chi connectivity index (χ1v) is 6.56. The molecule has 0 radical (unpaired) electrons. The third kappa shape index (κ3) is 2.15. The SMILES string of the molecule is CC1SCCN(c2c(F)c(F)nc(F)c2F)C1C. The number of pyridine rings is 1. The third-order valence-corrected chi connectivity index (χ3v) is 4.48. The maximum atomic E-state index is 13.6. The molecule has 1 aliphatic rings. The number of aromatic nitrogens is 1. The van der Waals surface area contributed by atoms with Crippen LogP contribution in [0.2, 0.25) is 0 Å².